The maximum Gasteiger partial charge on any atom is 0.243 e. The van der Waals surface area contributed by atoms with Gasteiger partial charge in [-0.15, -0.1) is 0 Å². The normalized spacial score (nSPS) is 12.7. The number of rotatable bonds is 2. The standard InChI is InChI=1S/C10H10FN3O/c1-6(12)10-13-9(14-15-10)7-2-4-8(11)5-3-7/h2-6H,12H2,1H3/t6-/m1/s1. The zero-order chi connectivity index (χ0) is 10.8. The van der Waals surface area contributed by atoms with Crippen LogP contribution in [0.4, 0.5) is 4.39 Å². The van der Waals surface area contributed by atoms with Gasteiger partial charge in [-0.3, -0.25) is 0 Å². The van der Waals surface area contributed by atoms with Crippen molar-refractivity contribution in [3.05, 3.63) is 36.0 Å². The molecule has 4 nitrogen and oxygen atoms in total. The average Bonchev–Trinajstić information content (AvgIpc) is 2.68. The number of nitrogens with zero attached hydrogens (tertiary/aromatic N) is 2. The second-order valence-electron chi connectivity index (χ2n) is 3.25. The minimum absolute atomic E-state index is 0.297. The number of hydrogen-bond donors (Lipinski definition) is 1. The van der Waals surface area contributed by atoms with Crippen molar-refractivity contribution in [1.29, 1.82) is 0 Å². The van der Waals surface area contributed by atoms with E-state index in [9.17, 15) is 4.39 Å². The first kappa shape index (κ1) is 9.79. The quantitative estimate of drug-likeness (QED) is 0.816. The van der Waals surface area contributed by atoms with Crippen LogP contribution in [0.5, 0.6) is 0 Å². The minimum Gasteiger partial charge on any atom is -0.337 e. The van der Waals surface area contributed by atoms with Crippen molar-refractivity contribution in [1.82, 2.24) is 10.1 Å². The molecule has 5 heteroatoms. The molecular formula is C10H10FN3O. The smallest absolute Gasteiger partial charge is 0.243 e. The molecule has 0 aliphatic heterocycles. The van der Waals surface area contributed by atoms with Crippen molar-refractivity contribution < 1.29 is 8.91 Å². The Morgan fingerprint density at radius 2 is 2.00 bits per heavy atom. The highest BCUT2D eigenvalue weighted by Crippen LogP contribution is 2.17. The third-order valence-electron chi connectivity index (χ3n) is 1.93. The van der Waals surface area contributed by atoms with Crippen LogP contribution in [-0.4, -0.2) is 10.1 Å². The Balaban J connectivity index is 2.33. The first-order chi connectivity index (χ1) is 7.16. The molecule has 0 spiro atoms. The lowest BCUT2D eigenvalue weighted by Gasteiger charge is -1.94. The molecular weight excluding hydrogens is 197 g/mol. The van der Waals surface area contributed by atoms with E-state index in [0.29, 0.717) is 17.3 Å². The van der Waals surface area contributed by atoms with Crippen LogP contribution in [0.15, 0.2) is 28.8 Å². The molecule has 0 amide bonds. The number of halogens is 1. The van der Waals surface area contributed by atoms with Crippen LogP contribution in [0, 0.1) is 5.82 Å². The molecule has 0 radical (unpaired) electrons. The summed E-state index contributed by atoms with van der Waals surface area (Å²) >= 11 is 0. The number of benzene rings is 1. The van der Waals surface area contributed by atoms with Crippen molar-refractivity contribution >= 4 is 0 Å². The van der Waals surface area contributed by atoms with Crippen molar-refractivity contribution in [3.8, 4) is 11.4 Å². The summed E-state index contributed by atoms with van der Waals surface area (Å²) < 4.78 is 17.6. The maximum atomic E-state index is 12.7. The number of nitrogens with two attached hydrogens (primary N) is 1. The highest BCUT2D eigenvalue weighted by molar-refractivity contribution is 5.53. The monoisotopic (exact) mass is 207 g/mol. The summed E-state index contributed by atoms with van der Waals surface area (Å²) in [7, 11) is 0. The van der Waals surface area contributed by atoms with Crippen LogP contribution >= 0.6 is 0 Å². The van der Waals surface area contributed by atoms with E-state index < -0.39 is 0 Å². The average molecular weight is 207 g/mol. The third kappa shape index (κ3) is 2.02. The predicted molar refractivity (Wildman–Crippen MR) is 52.3 cm³/mol. The van der Waals surface area contributed by atoms with Gasteiger partial charge in [0, 0.05) is 5.56 Å². The van der Waals surface area contributed by atoms with Gasteiger partial charge < -0.3 is 10.3 Å². The molecule has 0 saturated carbocycles. The van der Waals surface area contributed by atoms with Crippen LogP contribution in [-0.2, 0) is 0 Å². The summed E-state index contributed by atoms with van der Waals surface area (Å²) in [6, 6.07) is 5.57. The molecule has 1 aromatic carbocycles. The third-order valence-corrected chi connectivity index (χ3v) is 1.93. The molecule has 0 aliphatic carbocycles. The zero-order valence-electron chi connectivity index (χ0n) is 8.14. The van der Waals surface area contributed by atoms with E-state index in [1.165, 1.54) is 12.1 Å². The second kappa shape index (κ2) is 3.78. The topological polar surface area (TPSA) is 64.9 Å². The molecule has 0 saturated heterocycles. The van der Waals surface area contributed by atoms with Gasteiger partial charge in [0.2, 0.25) is 11.7 Å². The fraction of sp³-hybridized carbons (Fsp3) is 0.200. The SMILES string of the molecule is C[C@@H](N)c1nc(-c2ccc(F)cc2)no1. The molecule has 1 aromatic heterocycles. The van der Waals surface area contributed by atoms with Crippen LogP contribution in [0.1, 0.15) is 18.9 Å². The molecule has 2 N–H and O–H groups in total. The molecule has 1 atom stereocenters. The van der Waals surface area contributed by atoms with Crippen molar-refractivity contribution in [2.75, 3.05) is 0 Å². The Hall–Kier alpha value is -1.75. The Labute approximate surface area is 85.9 Å². The van der Waals surface area contributed by atoms with Gasteiger partial charge in [-0.1, -0.05) is 5.16 Å². The molecule has 0 unspecified atom stereocenters. The van der Waals surface area contributed by atoms with E-state index in [-0.39, 0.29) is 11.9 Å². The van der Waals surface area contributed by atoms with E-state index in [1.807, 2.05) is 0 Å². The van der Waals surface area contributed by atoms with Gasteiger partial charge in [-0.25, -0.2) is 4.39 Å². The van der Waals surface area contributed by atoms with Gasteiger partial charge in [0.15, 0.2) is 0 Å². The molecule has 2 rings (SSSR count). The molecule has 15 heavy (non-hydrogen) atoms. The molecule has 1 heterocycles. The fourth-order valence-electron chi connectivity index (χ4n) is 1.14. The highest BCUT2D eigenvalue weighted by Gasteiger charge is 2.11. The number of aromatic nitrogens is 2. The van der Waals surface area contributed by atoms with E-state index >= 15 is 0 Å². The van der Waals surface area contributed by atoms with Crippen LogP contribution in [0.25, 0.3) is 11.4 Å². The van der Waals surface area contributed by atoms with Crippen LogP contribution in [0.2, 0.25) is 0 Å². The van der Waals surface area contributed by atoms with Gasteiger partial charge in [-0.2, -0.15) is 4.98 Å². The van der Waals surface area contributed by atoms with E-state index in [1.54, 1.807) is 19.1 Å². The summed E-state index contributed by atoms with van der Waals surface area (Å²) in [4.78, 5) is 4.08. The lowest BCUT2D eigenvalue weighted by Crippen LogP contribution is -2.04. The Morgan fingerprint density at radius 1 is 1.33 bits per heavy atom. The zero-order valence-corrected chi connectivity index (χ0v) is 8.14. The summed E-state index contributed by atoms with van der Waals surface area (Å²) in [5.74, 6) is 0.492. The van der Waals surface area contributed by atoms with Crippen molar-refractivity contribution in [2.45, 2.75) is 13.0 Å². The van der Waals surface area contributed by atoms with Crippen molar-refractivity contribution in [2.24, 2.45) is 5.73 Å². The Morgan fingerprint density at radius 3 is 2.53 bits per heavy atom. The Kier molecular flexibility index (Phi) is 2.47. The second-order valence-corrected chi connectivity index (χ2v) is 3.25. The van der Waals surface area contributed by atoms with Gasteiger partial charge in [0.25, 0.3) is 0 Å². The van der Waals surface area contributed by atoms with Crippen LogP contribution < -0.4 is 5.73 Å². The maximum absolute atomic E-state index is 12.7. The molecule has 2 aromatic rings. The molecule has 0 bridgehead atoms. The number of hydrogen-bond acceptors (Lipinski definition) is 4. The van der Waals surface area contributed by atoms with E-state index in [4.69, 9.17) is 10.3 Å². The molecule has 0 fully saturated rings. The summed E-state index contributed by atoms with van der Waals surface area (Å²) in [6.07, 6.45) is 0. The lowest BCUT2D eigenvalue weighted by atomic mass is 10.2. The van der Waals surface area contributed by atoms with Gasteiger partial charge in [0.1, 0.15) is 5.82 Å². The minimum atomic E-state index is -0.299. The lowest BCUT2D eigenvalue weighted by molar-refractivity contribution is 0.362. The Bertz CT molecular complexity index is 450. The largest absolute Gasteiger partial charge is 0.337 e. The summed E-state index contributed by atoms with van der Waals surface area (Å²) in [6.45, 7) is 1.75. The predicted octanol–water partition coefficient (Wildman–Crippen LogP) is 1.90. The highest BCUT2D eigenvalue weighted by atomic mass is 19.1. The van der Waals surface area contributed by atoms with E-state index in [2.05, 4.69) is 10.1 Å². The van der Waals surface area contributed by atoms with Crippen molar-refractivity contribution in [3.63, 3.8) is 0 Å². The summed E-state index contributed by atoms with van der Waals surface area (Å²) in [5.41, 5.74) is 6.27. The molecule has 78 valence electrons. The first-order valence-corrected chi connectivity index (χ1v) is 4.52. The first-order valence-electron chi connectivity index (χ1n) is 4.52. The molecule has 0 aliphatic rings. The van der Waals surface area contributed by atoms with Gasteiger partial charge in [0.05, 0.1) is 6.04 Å². The summed E-state index contributed by atoms with van der Waals surface area (Å²) in [5, 5.41) is 3.75. The van der Waals surface area contributed by atoms with Gasteiger partial charge >= 0.3 is 0 Å². The van der Waals surface area contributed by atoms with E-state index in [0.717, 1.165) is 0 Å². The van der Waals surface area contributed by atoms with Crippen LogP contribution in [0.3, 0.4) is 0 Å². The fourth-order valence-corrected chi connectivity index (χ4v) is 1.14. The van der Waals surface area contributed by atoms with Gasteiger partial charge in [-0.05, 0) is 31.2 Å².